The number of nitrogens with zero attached hydrogens (tertiary/aromatic N) is 1. The van der Waals surface area contributed by atoms with Crippen LogP contribution in [0.2, 0.25) is 0 Å². The van der Waals surface area contributed by atoms with E-state index in [1.54, 1.807) is 0 Å². The van der Waals surface area contributed by atoms with Crippen LogP contribution in [0.25, 0.3) is 66.1 Å². The van der Waals surface area contributed by atoms with Gasteiger partial charge in [0.05, 0.1) is 5.69 Å². The molecule has 0 aromatic heterocycles. The van der Waals surface area contributed by atoms with Crippen molar-refractivity contribution in [1.82, 2.24) is 0 Å². The first kappa shape index (κ1) is 30.0. The molecular weight excluding hydrogens is 631 g/mol. The lowest BCUT2D eigenvalue weighted by atomic mass is 9.90. The van der Waals surface area contributed by atoms with Gasteiger partial charge in [-0.25, -0.2) is 0 Å². The molecule has 1 aliphatic heterocycles. The smallest absolute Gasteiger partial charge is 0.135 e. The van der Waals surface area contributed by atoms with E-state index in [1.165, 1.54) is 49.5 Å². The third-order valence-corrected chi connectivity index (χ3v) is 10.3. The lowest BCUT2D eigenvalue weighted by molar-refractivity contribution is 0.487. The molecule has 2 heteroatoms. The van der Waals surface area contributed by atoms with E-state index >= 15 is 0 Å². The molecule has 52 heavy (non-hydrogen) atoms. The van der Waals surface area contributed by atoms with Crippen LogP contribution in [0.5, 0.6) is 11.5 Å². The predicted octanol–water partition coefficient (Wildman–Crippen LogP) is 14.2. The molecule has 10 rings (SSSR count). The first-order valence-electron chi connectivity index (χ1n) is 17.8. The molecule has 9 aromatic rings. The molecule has 1 aliphatic rings. The fourth-order valence-electron chi connectivity index (χ4n) is 7.97. The standard InChI is InChI=1S/C50H33NO/c1-3-15-34(16-4-1)40-25-12-17-35-18-13-26-44(49(35)40)41-23-7-9-29-46(41)51(37-20-5-2-6-21-37)38-22-11-19-36(33-38)39-31-32-48-50-43(39)27-14-28-45(50)42-24-8-10-30-47(42)52-48/h1-33H. The molecule has 9 aromatic carbocycles. The van der Waals surface area contributed by atoms with Crippen molar-refractivity contribution >= 4 is 38.6 Å². The summed E-state index contributed by atoms with van der Waals surface area (Å²) in [4.78, 5) is 2.40. The summed E-state index contributed by atoms with van der Waals surface area (Å²) >= 11 is 0. The molecule has 0 radical (unpaired) electrons. The lowest BCUT2D eigenvalue weighted by Gasteiger charge is -2.29. The van der Waals surface area contributed by atoms with E-state index in [9.17, 15) is 0 Å². The van der Waals surface area contributed by atoms with Gasteiger partial charge in [-0.2, -0.15) is 0 Å². The van der Waals surface area contributed by atoms with Crippen LogP contribution >= 0.6 is 0 Å². The highest BCUT2D eigenvalue weighted by Gasteiger charge is 2.23. The van der Waals surface area contributed by atoms with Gasteiger partial charge in [0.1, 0.15) is 11.5 Å². The first-order chi connectivity index (χ1) is 25.8. The van der Waals surface area contributed by atoms with Crippen LogP contribution in [-0.2, 0) is 0 Å². The van der Waals surface area contributed by atoms with Gasteiger partial charge in [0.15, 0.2) is 0 Å². The van der Waals surface area contributed by atoms with Crippen molar-refractivity contribution in [2.75, 3.05) is 4.90 Å². The summed E-state index contributed by atoms with van der Waals surface area (Å²) in [5.74, 6) is 1.80. The largest absolute Gasteiger partial charge is 0.456 e. The predicted molar refractivity (Wildman–Crippen MR) is 218 cm³/mol. The maximum absolute atomic E-state index is 6.43. The quantitative estimate of drug-likeness (QED) is 0.176. The summed E-state index contributed by atoms with van der Waals surface area (Å²) in [7, 11) is 0. The second-order valence-corrected chi connectivity index (χ2v) is 13.3. The highest BCUT2D eigenvalue weighted by Crippen LogP contribution is 2.49. The Hall–Kier alpha value is -6.90. The number of ether oxygens (including phenoxy) is 1. The van der Waals surface area contributed by atoms with Gasteiger partial charge in [-0.05, 0) is 92.0 Å². The molecule has 0 saturated heterocycles. The highest BCUT2D eigenvalue weighted by molar-refractivity contribution is 6.11. The van der Waals surface area contributed by atoms with Crippen LogP contribution in [0.1, 0.15) is 0 Å². The number of benzene rings is 9. The molecule has 1 heterocycles. The molecule has 0 atom stereocenters. The average Bonchev–Trinajstić information content (AvgIpc) is 3.22. The van der Waals surface area contributed by atoms with Crippen molar-refractivity contribution in [3.8, 4) is 56.0 Å². The Morgan fingerprint density at radius 3 is 1.75 bits per heavy atom. The molecule has 0 aliphatic carbocycles. The number of fused-ring (bicyclic) bond motifs is 3. The maximum atomic E-state index is 6.43. The van der Waals surface area contributed by atoms with Crippen LogP contribution in [0.4, 0.5) is 17.1 Å². The van der Waals surface area contributed by atoms with E-state index in [-0.39, 0.29) is 0 Å². The Morgan fingerprint density at radius 2 is 0.923 bits per heavy atom. The second-order valence-electron chi connectivity index (χ2n) is 13.3. The van der Waals surface area contributed by atoms with Crippen molar-refractivity contribution in [3.05, 3.63) is 200 Å². The molecule has 0 unspecified atom stereocenters. The average molecular weight is 664 g/mol. The number of anilines is 3. The van der Waals surface area contributed by atoms with Gasteiger partial charge in [0.25, 0.3) is 0 Å². The molecular formula is C50H33NO. The van der Waals surface area contributed by atoms with Crippen LogP contribution in [0.15, 0.2) is 200 Å². The minimum absolute atomic E-state index is 0.897. The number of rotatable bonds is 6. The van der Waals surface area contributed by atoms with Crippen molar-refractivity contribution < 1.29 is 4.74 Å². The zero-order valence-electron chi connectivity index (χ0n) is 28.4. The third kappa shape index (κ3) is 4.96. The topological polar surface area (TPSA) is 12.5 Å². The minimum Gasteiger partial charge on any atom is -0.456 e. The lowest BCUT2D eigenvalue weighted by Crippen LogP contribution is -2.11. The maximum Gasteiger partial charge on any atom is 0.135 e. The zero-order chi connectivity index (χ0) is 34.4. The van der Waals surface area contributed by atoms with Crippen LogP contribution in [0, 0.1) is 0 Å². The van der Waals surface area contributed by atoms with Crippen molar-refractivity contribution in [2.45, 2.75) is 0 Å². The Morgan fingerprint density at radius 1 is 0.327 bits per heavy atom. The van der Waals surface area contributed by atoms with E-state index in [0.29, 0.717) is 0 Å². The first-order valence-corrected chi connectivity index (χ1v) is 17.8. The molecule has 0 amide bonds. The molecule has 0 bridgehead atoms. The van der Waals surface area contributed by atoms with E-state index < -0.39 is 0 Å². The molecule has 244 valence electrons. The van der Waals surface area contributed by atoms with Gasteiger partial charge in [-0.1, -0.05) is 158 Å². The molecule has 2 nitrogen and oxygen atoms in total. The summed E-state index contributed by atoms with van der Waals surface area (Å²) in [5, 5.41) is 4.80. The van der Waals surface area contributed by atoms with E-state index in [4.69, 9.17) is 4.74 Å². The van der Waals surface area contributed by atoms with Crippen molar-refractivity contribution in [3.63, 3.8) is 0 Å². The van der Waals surface area contributed by atoms with Gasteiger partial charge in [-0.3, -0.25) is 0 Å². The molecule has 0 fully saturated rings. The highest BCUT2D eigenvalue weighted by atomic mass is 16.5. The molecule has 0 saturated carbocycles. The van der Waals surface area contributed by atoms with E-state index in [2.05, 4.69) is 193 Å². The fourth-order valence-corrected chi connectivity index (χ4v) is 7.97. The normalized spacial score (nSPS) is 11.6. The molecule has 0 N–H and O–H groups in total. The van der Waals surface area contributed by atoms with Crippen LogP contribution in [-0.4, -0.2) is 0 Å². The summed E-state index contributed by atoms with van der Waals surface area (Å²) in [5.41, 5.74) is 12.8. The van der Waals surface area contributed by atoms with Crippen LogP contribution < -0.4 is 9.64 Å². The Kier molecular flexibility index (Phi) is 7.18. The second kappa shape index (κ2) is 12.5. The van der Waals surface area contributed by atoms with E-state index in [0.717, 1.165) is 45.1 Å². The number of hydrogen-bond donors (Lipinski definition) is 0. The van der Waals surface area contributed by atoms with Gasteiger partial charge >= 0.3 is 0 Å². The van der Waals surface area contributed by atoms with Crippen molar-refractivity contribution in [1.29, 1.82) is 0 Å². The summed E-state index contributed by atoms with van der Waals surface area (Å²) in [6, 6.07) is 71.7. The number of hydrogen-bond acceptors (Lipinski definition) is 2. The summed E-state index contributed by atoms with van der Waals surface area (Å²) in [6.45, 7) is 0. The third-order valence-electron chi connectivity index (χ3n) is 10.3. The van der Waals surface area contributed by atoms with Crippen molar-refractivity contribution in [2.24, 2.45) is 0 Å². The minimum atomic E-state index is 0.897. The number of para-hydroxylation sites is 3. The monoisotopic (exact) mass is 663 g/mol. The Bertz CT molecular complexity index is 2760. The molecule has 0 spiro atoms. The van der Waals surface area contributed by atoms with Crippen LogP contribution in [0.3, 0.4) is 0 Å². The fraction of sp³-hybridized carbons (Fsp3) is 0. The Balaban J connectivity index is 1.17. The summed E-state index contributed by atoms with van der Waals surface area (Å²) in [6.07, 6.45) is 0. The van der Waals surface area contributed by atoms with Gasteiger partial charge in [0, 0.05) is 27.9 Å². The van der Waals surface area contributed by atoms with Gasteiger partial charge in [0.2, 0.25) is 0 Å². The summed E-state index contributed by atoms with van der Waals surface area (Å²) < 4.78 is 6.43. The van der Waals surface area contributed by atoms with Gasteiger partial charge in [-0.15, -0.1) is 0 Å². The zero-order valence-corrected chi connectivity index (χ0v) is 28.4. The van der Waals surface area contributed by atoms with Gasteiger partial charge < -0.3 is 9.64 Å². The SMILES string of the molecule is c1ccc(-c2cccc3cccc(-c4ccccc4N(c4ccccc4)c4cccc(-c5ccc6c7c(cccc57)-c5ccccc5O6)c4)c23)cc1. The Labute approximate surface area is 303 Å². The van der Waals surface area contributed by atoms with E-state index in [1.807, 2.05) is 12.1 Å².